The molecule has 82 valence electrons. The average Bonchev–Trinajstić information content (AvgIpc) is 2.20. The van der Waals surface area contributed by atoms with Gasteiger partial charge >= 0.3 is 0 Å². The Morgan fingerprint density at radius 3 is 2.00 bits per heavy atom. The summed E-state index contributed by atoms with van der Waals surface area (Å²) in [7, 11) is 0. The molecule has 0 unspecified atom stereocenters. The van der Waals surface area contributed by atoms with E-state index in [1.165, 1.54) is 6.07 Å². The summed E-state index contributed by atoms with van der Waals surface area (Å²) in [6, 6.07) is 9.89. The molecule has 0 fully saturated rings. The van der Waals surface area contributed by atoms with Crippen LogP contribution in [0.4, 0.5) is 0 Å². The number of aromatic hydroxyl groups is 1. The normalized spacial score (nSPS) is 10.4. The van der Waals surface area contributed by atoms with E-state index in [0.29, 0.717) is 20.6 Å². The van der Waals surface area contributed by atoms with E-state index in [4.69, 9.17) is 34.8 Å². The minimum Gasteiger partial charge on any atom is -0.507 e. The summed E-state index contributed by atoms with van der Waals surface area (Å²) in [6.45, 7) is 0. The SMILES string of the molecule is Oc1ccc(Cl)cc1-c1cc(Cl)cc(Cl)c1. The van der Waals surface area contributed by atoms with Crippen molar-refractivity contribution < 1.29 is 5.11 Å². The predicted molar refractivity (Wildman–Crippen MR) is 68.6 cm³/mol. The van der Waals surface area contributed by atoms with Gasteiger partial charge in [0.2, 0.25) is 0 Å². The van der Waals surface area contributed by atoms with Gasteiger partial charge in [-0.25, -0.2) is 0 Å². The summed E-state index contributed by atoms with van der Waals surface area (Å²) in [5.74, 6) is 0.141. The fraction of sp³-hybridized carbons (Fsp3) is 0. The minimum absolute atomic E-state index is 0.141. The lowest BCUT2D eigenvalue weighted by Gasteiger charge is -2.06. The van der Waals surface area contributed by atoms with Crippen LogP contribution in [0.3, 0.4) is 0 Å². The first-order valence-corrected chi connectivity index (χ1v) is 5.64. The van der Waals surface area contributed by atoms with E-state index in [-0.39, 0.29) is 5.75 Å². The number of hydrogen-bond donors (Lipinski definition) is 1. The lowest BCUT2D eigenvalue weighted by atomic mass is 10.0. The van der Waals surface area contributed by atoms with Crippen molar-refractivity contribution in [1.29, 1.82) is 0 Å². The largest absolute Gasteiger partial charge is 0.507 e. The molecule has 0 spiro atoms. The second-order valence-corrected chi connectivity index (χ2v) is 4.63. The zero-order valence-electron chi connectivity index (χ0n) is 8.05. The van der Waals surface area contributed by atoms with E-state index in [2.05, 4.69) is 0 Å². The van der Waals surface area contributed by atoms with E-state index in [1.807, 2.05) is 0 Å². The van der Waals surface area contributed by atoms with Crippen molar-refractivity contribution >= 4 is 34.8 Å². The van der Waals surface area contributed by atoms with Crippen LogP contribution in [-0.2, 0) is 0 Å². The van der Waals surface area contributed by atoms with Gasteiger partial charge in [-0.15, -0.1) is 0 Å². The van der Waals surface area contributed by atoms with Gasteiger partial charge in [0.05, 0.1) is 0 Å². The summed E-state index contributed by atoms with van der Waals surface area (Å²) < 4.78 is 0. The highest BCUT2D eigenvalue weighted by atomic mass is 35.5. The van der Waals surface area contributed by atoms with Crippen LogP contribution in [0.2, 0.25) is 15.1 Å². The topological polar surface area (TPSA) is 20.2 Å². The Labute approximate surface area is 108 Å². The number of hydrogen-bond acceptors (Lipinski definition) is 1. The van der Waals surface area contributed by atoms with Crippen LogP contribution < -0.4 is 0 Å². The molecule has 2 aromatic rings. The Morgan fingerprint density at radius 2 is 1.38 bits per heavy atom. The van der Waals surface area contributed by atoms with Gasteiger partial charge in [-0.05, 0) is 42.0 Å². The lowest BCUT2D eigenvalue weighted by molar-refractivity contribution is 0.477. The highest BCUT2D eigenvalue weighted by molar-refractivity contribution is 6.35. The van der Waals surface area contributed by atoms with Crippen LogP contribution in [0, 0.1) is 0 Å². The molecule has 2 aromatic carbocycles. The van der Waals surface area contributed by atoms with Crippen molar-refractivity contribution in [2.24, 2.45) is 0 Å². The summed E-state index contributed by atoms with van der Waals surface area (Å²) in [5.41, 5.74) is 1.34. The third kappa shape index (κ3) is 2.43. The molecule has 2 rings (SSSR count). The van der Waals surface area contributed by atoms with Crippen molar-refractivity contribution in [2.75, 3.05) is 0 Å². The Bertz CT molecular complexity index is 518. The van der Waals surface area contributed by atoms with Crippen LogP contribution in [0.25, 0.3) is 11.1 Å². The Hall–Kier alpha value is -0.890. The van der Waals surface area contributed by atoms with E-state index < -0.39 is 0 Å². The van der Waals surface area contributed by atoms with Gasteiger partial charge in [0, 0.05) is 20.6 Å². The molecule has 0 heterocycles. The number of benzene rings is 2. The van der Waals surface area contributed by atoms with Gasteiger partial charge < -0.3 is 5.11 Å². The molecule has 0 radical (unpaired) electrons. The van der Waals surface area contributed by atoms with E-state index >= 15 is 0 Å². The minimum atomic E-state index is 0.141. The van der Waals surface area contributed by atoms with Crippen molar-refractivity contribution in [3.63, 3.8) is 0 Å². The van der Waals surface area contributed by atoms with Crippen LogP contribution in [0.15, 0.2) is 36.4 Å². The Morgan fingerprint density at radius 1 is 0.750 bits per heavy atom. The van der Waals surface area contributed by atoms with Gasteiger partial charge in [-0.2, -0.15) is 0 Å². The van der Waals surface area contributed by atoms with Crippen LogP contribution in [-0.4, -0.2) is 5.11 Å². The van der Waals surface area contributed by atoms with Crippen molar-refractivity contribution in [3.8, 4) is 16.9 Å². The molecular weight excluding hydrogens is 266 g/mol. The molecular formula is C12H7Cl3O. The fourth-order valence-corrected chi connectivity index (χ4v) is 2.15. The lowest BCUT2D eigenvalue weighted by Crippen LogP contribution is -1.80. The highest BCUT2D eigenvalue weighted by Gasteiger charge is 2.07. The summed E-state index contributed by atoms with van der Waals surface area (Å²) >= 11 is 17.7. The monoisotopic (exact) mass is 272 g/mol. The standard InChI is InChI=1S/C12H7Cl3O/c13-8-1-2-12(16)11(6-8)7-3-9(14)5-10(15)4-7/h1-6,16H. The molecule has 0 aliphatic carbocycles. The summed E-state index contributed by atoms with van der Waals surface area (Å²) in [5, 5.41) is 11.3. The molecule has 0 aliphatic rings. The van der Waals surface area contributed by atoms with Gasteiger partial charge in [0.15, 0.2) is 0 Å². The first-order chi connectivity index (χ1) is 7.56. The predicted octanol–water partition coefficient (Wildman–Crippen LogP) is 5.02. The van der Waals surface area contributed by atoms with Crippen LogP contribution in [0.5, 0.6) is 5.75 Å². The van der Waals surface area contributed by atoms with Crippen LogP contribution in [0.1, 0.15) is 0 Å². The summed E-state index contributed by atoms with van der Waals surface area (Å²) in [6.07, 6.45) is 0. The molecule has 0 amide bonds. The molecule has 0 aromatic heterocycles. The van der Waals surface area contributed by atoms with Gasteiger partial charge in [-0.3, -0.25) is 0 Å². The molecule has 1 N–H and O–H groups in total. The number of rotatable bonds is 1. The maximum Gasteiger partial charge on any atom is 0.123 e. The molecule has 0 saturated heterocycles. The van der Waals surface area contributed by atoms with Gasteiger partial charge in [0.1, 0.15) is 5.75 Å². The van der Waals surface area contributed by atoms with Gasteiger partial charge in [-0.1, -0.05) is 34.8 Å². The Kier molecular flexibility index (Phi) is 3.29. The Balaban J connectivity index is 2.62. The van der Waals surface area contributed by atoms with Crippen LogP contribution >= 0.6 is 34.8 Å². The summed E-state index contributed by atoms with van der Waals surface area (Å²) in [4.78, 5) is 0. The molecule has 4 heteroatoms. The van der Waals surface area contributed by atoms with E-state index in [0.717, 1.165) is 5.56 Å². The third-order valence-electron chi connectivity index (χ3n) is 2.13. The molecule has 0 bridgehead atoms. The first-order valence-electron chi connectivity index (χ1n) is 4.51. The number of phenolic OH excluding ortho intramolecular Hbond substituents is 1. The van der Waals surface area contributed by atoms with Crippen molar-refractivity contribution in [2.45, 2.75) is 0 Å². The number of halogens is 3. The second kappa shape index (κ2) is 4.54. The third-order valence-corrected chi connectivity index (χ3v) is 2.80. The smallest absolute Gasteiger partial charge is 0.123 e. The van der Waals surface area contributed by atoms with Crippen molar-refractivity contribution in [3.05, 3.63) is 51.5 Å². The quantitative estimate of drug-likeness (QED) is 0.773. The van der Waals surface area contributed by atoms with Crippen molar-refractivity contribution in [1.82, 2.24) is 0 Å². The van der Waals surface area contributed by atoms with Gasteiger partial charge in [0.25, 0.3) is 0 Å². The van der Waals surface area contributed by atoms with E-state index in [9.17, 15) is 5.11 Å². The molecule has 0 saturated carbocycles. The molecule has 1 nitrogen and oxygen atoms in total. The zero-order chi connectivity index (χ0) is 11.7. The molecule has 16 heavy (non-hydrogen) atoms. The second-order valence-electron chi connectivity index (χ2n) is 3.32. The highest BCUT2D eigenvalue weighted by Crippen LogP contribution is 2.34. The first kappa shape index (κ1) is 11.6. The molecule has 0 aliphatic heterocycles. The fourth-order valence-electron chi connectivity index (χ4n) is 1.45. The maximum atomic E-state index is 9.73. The number of phenols is 1. The molecule has 0 atom stereocenters. The zero-order valence-corrected chi connectivity index (χ0v) is 10.3. The maximum absolute atomic E-state index is 9.73. The van der Waals surface area contributed by atoms with E-state index in [1.54, 1.807) is 30.3 Å². The average molecular weight is 274 g/mol.